The van der Waals surface area contributed by atoms with E-state index in [1.807, 2.05) is 0 Å². The second-order valence-corrected chi connectivity index (χ2v) is 7.27. The maximum Gasteiger partial charge on any atom is 0.162 e. The molecule has 114 valence electrons. The molecule has 1 aliphatic heterocycles. The van der Waals surface area contributed by atoms with Crippen molar-refractivity contribution in [3.8, 4) is 0 Å². The standard InChI is InChI=1S/C16H26N2O.ClH/c1-16(2)8-14-13(15(19)9-16)10-18(11-17-14)12-6-4-3-5-7-12;/h12,17H,3-11H2,1-2H3;1H. The van der Waals surface area contributed by atoms with Gasteiger partial charge in [0.15, 0.2) is 5.78 Å². The van der Waals surface area contributed by atoms with Gasteiger partial charge in [-0.15, -0.1) is 12.4 Å². The zero-order valence-corrected chi connectivity index (χ0v) is 13.5. The number of nitrogens with zero attached hydrogens (tertiary/aromatic N) is 1. The Hall–Kier alpha value is -0.540. The van der Waals surface area contributed by atoms with Gasteiger partial charge in [-0.3, -0.25) is 9.69 Å². The minimum absolute atomic E-state index is 0. The van der Waals surface area contributed by atoms with Crippen LogP contribution in [0, 0.1) is 5.41 Å². The number of carbonyl (C=O) groups excluding carboxylic acids is 1. The molecular weight excluding hydrogens is 272 g/mol. The topological polar surface area (TPSA) is 32.3 Å². The van der Waals surface area contributed by atoms with Crippen LogP contribution in [-0.4, -0.2) is 29.9 Å². The van der Waals surface area contributed by atoms with Crippen molar-refractivity contribution in [2.24, 2.45) is 5.41 Å². The minimum atomic E-state index is 0. The van der Waals surface area contributed by atoms with Crippen LogP contribution < -0.4 is 5.32 Å². The SMILES string of the molecule is CC1(C)CC(=O)C2=C(C1)NCN(C1CCCCC1)C2.Cl. The van der Waals surface area contributed by atoms with Gasteiger partial charge in [0.25, 0.3) is 0 Å². The van der Waals surface area contributed by atoms with E-state index in [0.29, 0.717) is 18.2 Å². The molecule has 0 amide bonds. The molecule has 0 aromatic heterocycles. The van der Waals surface area contributed by atoms with Crippen molar-refractivity contribution >= 4 is 18.2 Å². The number of halogens is 1. The van der Waals surface area contributed by atoms with Gasteiger partial charge in [-0.1, -0.05) is 33.1 Å². The van der Waals surface area contributed by atoms with Crippen molar-refractivity contribution in [1.82, 2.24) is 10.2 Å². The Bertz CT molecular complexity index is 411. The van der Waals surface area contributed by atoms with Gasteiger partial charge in [0, 0.05) is 30.3 Å². The summed E-state index contributed by atoms with van der Waals surface area (Å²) in [5.41, 5.74) is 2.44. The molecule has 0 saturated heterocycles. The van der Waals surface area contributed by atoms with Crippen molar-refractivity contribution in [3.05, 3.63) is 11.3 Å². The first kappa shape index (κ1) is 15.8. The summed E-state index contributed by atoms with van der Waals surface area (Å²) >= 11 is 0. The molecule has 0 radical (unpaired) electrons. The predicted molar refractivity (Wildman–Crippen MR) is 83.9 cm³/mol. The maximum atomic E-state index is 12.3. The van der Waals surface area contributed by atoms with Crippen molar-refractivity contribution in [2.75, 3.05) is 13.2 Å². The van der Waals surface area contributed by atoms with Gasteiger partial charge >= 0.3 is 0 Å². The molecule has 2 aliphatic carbocycles. The molecule has 0 spiro atoms. The second kappa shape index (κ2) is 6.07. The van der Waals surface area contributed by atoms with Gasteiger partial charge in [0.2, 0.25) is 0 Å². The fourth-order valence-electron chi connectivity index (χ4n) is 3.87. The Morgan fingerprint density at radius 2 is 1.85 bits per heavy atom. The second-order valence-electron chi connectivity index (χ2n) is 7.27. The summed E-state index contributed by atoms with van der Waals surface area (Å²) in [4.78, 5) is 14.8. The van der Waals surface area contributed by atoms with E-state index in [0.717, 1.165) is 25.2 Å². The predicted octanol–water partition coefficient (Wildman–Crippen LogP) is 3.25. The lowest BCUT2D eigenvalue weighted by Crippen LogP contribution is -2.50. The van der Waals surface area contributed by atoms with E-state index in [1.54, 1.807) is 0 Å². The zero-order chi connectivity index (χ0) is 13.5. The molecule has 0 atom stereocenters. The van der Waals surface area contributed by atoms with E-state index >= 15 is 0 Å². The summed E-state index contributed by atoms with van der Waals surface area (Å²) in [6.45, 7) is 6.22. The number of ketones is 1. The average molecular weight is 299 g/mol. The van der Waals surface area contributed by atoms with Crippen LogP contribution in [0.4, 0.5) is 0 Å². The van der Waals surface area contributed by atoms with Gasteiger partial charge in [0.05, 0.1) is 6.67 Å². The van der Waals surface area contributed by atoms with Crippen molar-refractivity contribution in [1.29, 1.82) is 0 Å². The first-order chi connectivity index (χ1) is 9.05. The zero-order valence-electron chi connectivity index (χ0n) is 12.7. The molecule has 1 N–H and O–H groups in total. The highest BCUT2D eigenvalue weighted by atomic mass is 35.5. The molecule has 0 bridgehead atoms. The van der Waals surface area contributed by atoms with E-state index < -0.39 is 0 Å². The Morgan fingerprint density at radius 3 is 2.55 bits per heavy atom. The quantitative estimate of drug-likeness (QED) is 0.806. The monoisotopic (exact) mass is 298 g/mol. The molecule has 1 saturated carbocycles. The third kappa shape index (κ3) is 3.20. The van der Waals surface area contributed by atoms with Crippen LogP contribution in [-0.2, 0) is 4.79 Å². The normalized spacial score (nSPS) is 27.6. The molecule has 3 rings (SSSR count). The number of nitrogens with one attached hydrogen (secondary N) is 1. The van der Waals surface area contributed by atoms with Gasteiger partial charge in [-0.25, -0.2) is 0 Å². The Kier molecular flexibility index (Phi) is 4.80. The lowest BCUT2D eigenvalue weighted by atomic mass is 9.75. The first-order valence-corrected chi connectivity index (χ1v) is 7.78. The van der Waals surface area contributed by atoms with E-state index in [2.05, 4.69) is 24.1 Å². The molecular formula is C16H27ClN2O. The number of carbonyl (C=O) groups is 1. The van der Waals surface area contributed by atoms with E-state index in [4.69, 9.17) is 0 Å². The van der Waals surface area contributed by atoms with Gasteiger partial charge in [-0.05, 0) is 24.7 Å². The summed E-state index contributed by atoms with van der Waals surface area (Å²) in [7, 11) is 0. The van der Waals surface area contributed by atoms with Gasteiger partial charge in [0.1, 0.15) is 0 Å². The Morgan fingerprint density at radius 1 is 1.15 bits per heavy atom. The number of hydrogen-bond donors (Lipinski definition) is 1. The first-order valence-electron chi connectivity index (χ1n) is 7.78. The maximum absolute atomic E-state index is 12.3. The number of allylic oxidation sites excluding steroid dienone is 1. The van der Waals surface area contributed by atoms with E-state index in [9.17, 15) is 4.79 Å². The van der Waals surface area contributed by atoms with E-state index in [-0.39, 0.29) is 17.8 Å². The van der Waals surface area contributed by atoms with Crippen LogP contribution in [0.25, 0.3) is 0 Å². The van der Waals surface area contributed by atoms with Crippen LogP contribution in [0.15, 0.2) is 11.3 Å². The molecule has 0 aromatic rings. The largest absolute Gasteiger partial charge is 0.375 e. The molecule has 4 heteroatoms. The van der Waals surface area contributed by atoms with Crippen LogP contribution in [0.3, 0.4) is 0 Å². The lowest BCUT2D eigenvalue weighted by molar-refractivity contribution is -0.118. The number of Topliss-reactive ketones (excluding diaryl/α,β-unsaturated/α-hetero) is 1. The van der Waals surface area contributed by atoms with Crippen molar-refractivity contribution in [2.45, 2.75) is 64.8 Å². The summed E-state index contributed by atoms with van der Waals surface area (Å²) < 4.78 is 0. The summed E-state index contributed by atoms with van der Waals surface area (Å²) in [5, 5.41) is 3.54. The third-order valence-corrected chi connectivity index (χ3v) is 4.94. The Labute approximate surface area is 128 Å². The molecule has 3 nitrogen and oxygen atoms in total. The molecule has 1 heterocycles. The highest BCUT2D eigenvalue weighted by Gasteiger charge is 2.36. The van der Waals surface area contributed by atoms with Crippen LogP contribution in [0.1, 0.15) is 58.8 Å². The molecule has 0 aromatic carbocycles. The highest BCUT2D eigenvalue weighted by molar-refractivity contribution is 5.98. The molecule has 3 aliphatic rings. The lowest BCUT2D eigenvalue weighted by Gasteiger charge is -2.42. The Balaban J connectivity index is 0.00000147. The van der Waals surface area contributed by atoms with Crippen LogP contribution >= 0.6 is 12.4 Å². The summed E-state index contributed by atoms with van der Waals surface area (Å²) in [5.74, 6) is 0.374. The minimum Gasteiger partial charge on any atom is -0.375 e. The average Bonchev–Trinajstić information content (AvgIpc) is 2.38. The molecule has 1 fully saturated rings. The van der Waals surface area contributed by atoms with Crippen molar-refractivity contribution < 1.29 is 4.79 Å². The van der Waals surface area contributed by atoms with Gasteiger partial charge in [-0.2, -0.15) is 0 Å². The van der Waals surface area contributed by atoms with E-state index in [1.165, 1.54) is 37.8 Å². The number of rotatable bonds is 1. The molecule has 0 unspecified atom stereocenters. The molecule has 20 heavy (non-hydrogen) atoms. The number of hydrogen-bond acceptors (Lipinski definition) is 3. The fraction of sp³-hybridized carbons (Fsp3) is 0.812. The van der Waals surface area contributed by atoms with Crippen LogP contribution in [0.5, 0.6) is 0 Å². The smallest absolute Gasteiger partial charge is 0.162 e. The fourth-order valence-corrected chi connectivity index (χ4v) is 3.87. The summed E-state index contributed by atoms with van der Waals surface area (Å²) in [6, 6.07) is 0.693. The van der Waals surface area contributed by atoms with Crippen LogP contribution in [0.2, 0.25) is 0 Å². The highest BCUT2D eigenvalue weighted by Crippen LogP contribution is 2.37. The van der Waals surface area contributed by atoms with Crippen molar-refractivity contribution in [3.63, 3.8) is 0 Å². The third-order valence-electron chi connectivity index (χ3n) is 4.94. The summed E-state index contributed by atoms with van der Waals surface area (Å²) in [6.07, 6.45) is 8.47. The van der Waals surface area contributed by atoms with Gasteiger partial charge < -0.3 is 5.32 Å².